The number of carbonyl (C=O) groups excluding carboxylic acids is 1. The third-order valence-electron chi connectivity index (χ3n) is 4.46. The van der Waals surface area contributed by atoms with Crippen LogP contribution in [0, 0.1) is 6.92 Å². The average Bonchev–Trinajstić information content (AvgIpc) is 2.69. The maximum absolute atomic E-state index is 13.1. The molecule has 1 saturated heterocycles. The Morgan fingerprint density at radius 3 is 2.58 bits per heavy atom. The highest BCUT2D eigenvalue weighted by molar-refractivity contribution is 7.99. The van der Waals surface area contributed by atoms with Gasteiger partial charge in [-0.15, -0.1) is 0 Å². The van der Waals surface area contributed by atoms with Crippen molar-refractivity contribution in [1.29, 1.82) is 0 Å². The molecule has 3 aromatic rings. The van der Waals surface area contributed by atoms with Gasteiger partial charge in [-0.25, -0.2) is 4.98 Å². The summed E-state index contributed by atoms with van der Waals surface area (Å²) in [5.41, 5.74) is 2.79. The van der Waals surface area contributed by atoms with E-state index in [1.54, 1.807) is 11.8 Å². The zero-order valence-corrected chi connectivity index (χ0v) is 15.5. The molecule has 1 aliphatic rings. The van der Waals surface area contributed by atoms with E-state index in [0.717, 1.165) is 20.8 Å². The number of aryl methyl sites for hydroxylation is 1. The van der Waals surface area contributed by atoms with E-state index in [0.29, 0.717) is 31.9 Å². The van der Waals surface area contributed by atoms with Crippen LogP contribution in [0.2, 0.25) is 0 Å². The Morgan fingerprint density at radius 2 is 1.81 bits per heavy atom. The van der Waals surface area contributed by atoms with E-state index in [2.05, 4.69) is 31.2 Å². The second-order valence-electron chi connectivity index (χ2n) is 6.34. The number of rotatable bonds is 3. The Labute approximate surface area is 157 Å². The van der Waals surface area contributed by atoms with Crippen LogP contribution in [0.25, 0.3) is 10.9 Å². The molecule has 2 heterocycles. The Kier molecular flexibility index (Phi) is 4.91. The second kappa shape index (κ2) is 7.48. The first kappa shape index (κ1) is 17.1. The van der Waals surface area contributed by atoms with E-state index in [4.69, 9.17) is 9.72 Å². The van der Waals surface area contributed by atoms with Gasteiger partial charge in [0.1, 0.15) is 5.03 Å². The van der Waals surface area contributed by atoms with Crippen molar-refractivity contribution in [3.05, 3.63) is 65.7 Å². The number of amides is 1. The number of hydrogen-bond acceptors (Lipinski definition) is 4. The fourth-order valence-corrected chi connectivity index (χ4v) is 3.88. The molecular formula is C21H20N2O2S. The number of para-hydroxylation sites is 1. The number of fused-ring (bicyclic) bond motifs is 1. The quantitative estimate of drug-likeness (QED) is 0.700. The van der Waals surface area contributed by atoms with E-state index < -0.39 is 0 Å². The maximum Gasteiger partial charge on any atom is 0.254 e. The van der Waals surface area contributed by atoms with Gasteiger partial charge in [0.15, 0.2) is 0 Å². The number of benzene rings is 2. The van der Waals surface area contributed by atoms with E-state index in [-0.39, 0.29) is 5.91 Å². The third kappa shape index (κ3) is 3.59. The van der Waals surface area contributed by atoms with Crippen LogP contribution >= 0.6 is 11.8 Å². The summed E-state index contributed by atoms with van der Waals surface area (Å²) in [7, 11) is 0. The molecule has 0 radical (unpaired) electrons. The minimum Gasteiger partial charge on any atom is -0.378 e. The summed E-state index contributed by atoms with van der Waals surface area (Å²) >= 11 is 1.58. The number of carbonyl (C=O) groups is 1. The summed E-state index contributed by atoms with van der Waals surface area (Å²) in [4.78, 5) is 20.8. The predicted molar refractivity (Wildman–Crippen MR) is 104 cm³/mol. The fourth-order valence-electron chi connectivity index (χ4n) is 3.04. The van der Waals surface area contributed by atoms with Gasteiger partial charge in [-0.3, -0.25) is 4.79 Å². The molecule has 0 saturated carbocycles. The first-order valence-electron chi connectivity index (χ1n) is 8.72. The monoisotopic (exact) mass is 364 g/mol. The summed E-state index contributed by atoms with van der Waals surface area (Å²) in [5.74, 6) is 0.0534. The van der Waals surface area contributed by atoms with Crippen LogP contribution in [0.4, 0.5) is 0 Å². The molecule has 132 valence electrons. The van der Waals surface area contributed by atoms with Gasteiger partial charge >= 0.3 is 0 Å². The van der Waals surface area contributed by atoms with Gasteiger partial charge in [0.05, 0.1) is 24.3 Å². The van der Waals surface area contributed by atoms with E-state index in [1.807, 2.05) is 35.2 Å². The summed E-state index contributed by atoms with van der Waals surface area (Å²) < 4.78 is 5.38. The molecule has 0 N–H and O–H groups in total. The number of hydrogen-bond donors (Lipinski definition) is 0. The van der Waals surface area contributed by atoms with Crippen molar-refractivity contribution in [2.75, 3.05) is 26.3 Å². The summed E-state index contributed by atoms with van der Waals surface area (Å²) in [6.45, 7) is 4.53. The van der Waals surface area contributed by atoms with Crippen molar-refractivity contribution in [3.8, 4) is 0 Å². The van der Waals surface area contributed by atoms with E-state index in [9.17, 15) is 4.79 Å². The second-order valence-corrected chi connectivity index (χ2v) is 7.44. The molecule has 4 rings (SSSR count). The van der Waals surface area contributed by atoms with Crippen LogP contribution in [0.15, 0.2) is 64.5 Å². The van der Waals surface area contributed by atoms with E-state index >= 15 is 0 Å². The van der Waals surface area contributed by atoms with Crippen molar-refractivity contribution in [3.63, 3.8) is 0 Å². The van der Waals surface area contributed by atoms with E-state index in [1.165, 1.54) is 5.56 Å². The molecule has 0 bridgehead atoms. The van der Waals surface area contributed by atoms with Gasteiger partial charge in [-0.1, -0.05) is 47.7 Å². The predicted octanol–water partition coefficient (Wildman–Crippen LogP) is 4.17. The normalized spacial score (nSPS) is 14.6. The van der Waals surface area contributed by atoms with Crippen molar-refractivity contribution in [1.82, 2.24) is 9.88 Å². The lowest BCUT2D eigenvalue weighted by atomic mass is 10.1. The summed E-state index contributed by atoms with van der Waals surface area (Å²) in [6, 6.07) is 18.1. The number of pyridine rings is 1. The number of ether oxygens (including phenoxy) is 1. The Hall–Kier alpha value is -2.37. The highest BCUT2D eigenvalue weighted by atomic mass is 32.2. The molecule has 2 aromatic carbocycles. The molecule has 4 nitrogen and oxygen atoms in total. The van der Waals surface area contributed by atoms with Crippen LogP contribution < -0.4 is 0 Å². The van der Waals surface area contributed by atoms with Crippen molar-refractivity contribution in [2.24, 2.45) is 0 Å². The van der Waals surface area contributed by atoms with Gasteiger partial charge in [0.2, 0.25) is 0 Å². The molecule has 0 unspecified atom stereocenters. The van der Waals surface area contributed by atoms with Gasteiger partial charge in [0, 0.05) is 23.4 Å². The molecule has 1 aromatic heterocycles. The highest BCUT2D eigenvalue weighted by Crippen LogP contribution is 2.30. The molecule has 0 atom stereocenters. The average molecular weight is 364 g/mol. The van der Waals surface area contributed by atoms with Gasteiger partial charge in [-0.2, -0.15) is 0 Å². The fraction of sp³-hybridized carbons (Fsp3) is 0.238. The smallest absolute Gasteiger partial charge is 0.254 e. The van der Waals surface area contributed by atoms with Crippen molar-refractivity contribution >= 4 is 28.6 Å². The standard InChI is InChI=1S/C21H20N2O2S/c1-15-6-8-16(9-7-15)26-20-14-18(17-4-2-3-5-19(17)22-20)21(24)23-10-12-25-13-11-23/h2-9,14H,10-13H2,1H3. The largest absolute Gasteiger partial charge is 0.378 e. The molecule has 5 heteroatoms. The molecular weight excluding hydrogens is 344 g/mol. The first-order valence-corrected chi connectivity index (χ1v) is 9.54. The SMILES string of the molecule is Cc1ccc(Sc2cc(C(=O)N3CCOCC3)c3ccccc3n2)cc1. The van der Waals surface area contributed by atoms with Crippen LogP contribution in [0.5, 0.6) is 0 Å². The molecule has 0 spiro atoms. The lowest BCUT2D eigenvalue weighted by Gasteiger charge is -2.27. The zero-order valence-electron chi connectivity index (χ0n) is 14.6. The van der Waals surface area contributed by atoms with Gasteiger partial charge in [0.25, 0.3) is 5.91 Å². The number of morpholine rings is 1. The Morgan fingerprint density at radius 1 is 1.08 bits per heavy atom. The van der Waals surface area contributed by atoms with Crippen molar-refractivity contribution < 1.29 is 9.53 Å². The van der Waals surface area contributed by atoms with Crippen LogP contribution in [0.1, 0.15) is 15.9 Å². The summed E-state index contributed by atoms with van der Waals surface area (Å²) in [5, 5.41) is 1.74. The van der Waals surface area contributed by atoms with Crippen molar-refractivity contribution in [2.45, 2.75) is 16.8 Å². The lowest BCUT2D eigenvalue weighted by Crippen LogP contribution is -2.40. The molecule has 1 aliphatic heterocycles. The first-order chi connectivity index (χ1) is 12.7. The molecule has 26 heavy (non-hydrogen) atoms. The van der Waals surface area contributed by atoms with Gasteiger partial charge < -0.3 is 9.64 Å². The minimum absolute atomic E-state index is 0.0534. The number of nitrogens with zero attached hydrogens (tertiary/aromatic N) is 2. The molecule has 0 aliphatic carbocycles. The Balaban J connectivity index is 1.72. The Bertz CT molecular complexity index is 934. The van der Waals surface area contributed by atoms with Gasteiger partial charge in [-0.05, 0) is 31.2 Å². The lowest BCUT2D eigenvalue weighted by molar-refractivity contribution is 0.0304. The topological polar surface area (TPSA) is 42.4 Å². The van der Waals surface area contributed by atoms with Crippen LogP contribution in [-0.2, 0) is 4.74 Å². The number of aromatic nitrogens is 1. The maximum atomic E-state index is 13.1. The van der Waals surface area contributed by atoms with Crippen LogP contribution in [-0.4, -0.2) is 42.1 Å². The zero-order chi connectivity index (χ0) is 17.9. The van der Waals surface area contributed by atoms with Crippen LogP contribution in [0.3, 0.4) is 0 Å². The third-order valence-corrected chi connectivity index (χ3v) is 5.39. The highest BCUT2D eigenvalue weighted by Gasteiger charge is 2.21. The minimum atomic E-state index is 0.0534. The molecule has 1 amide bonds. The summed E-state index contributed by atoms with van der Waals surface area (Å²) in [6.07, 6.45) is 0. The molecule has 1 fully saturated rings.